The molecule has 2 aromatic heterocycles. The molecule has 0 N–H and O–H groups in total. The number of thiophene rings is 1. The number of fused-ring (bicyclic) bond motifs is 1. The van der Waals surface area contributed by atoms with E-state index in [9.17, 15) is 13.2 Å². The molecule has 0 unspecified atom stereocenters. The normalized spacial score (nSPS) is 16.8. The zero-order valence-corrected chi connectivity index (χ0v) is 20.1. The third kappa shape index (κ3) is 4.66. The van der Waals surface area contributed by atoms with E-state index in [-0.39, 0.29) is 16.7 Å². The highest BCUT2D eigenvalue weighted by atomic mass is 32.2. The molecule has 0 aliphatic carbocycles. The second-order valence-corrected chi connectivity index (χ2v) is 11.2. The molecular weight excluding hydrogens is 474 g/mol. The van der Waals surface area contributed by atoms with Gasteiger partial charge in [0.1, 0.15) is 18.1 Å². The Balaban J connectivity index is 1.34. The Hall–Kier alpha value is -2.95. The van der Waals surface area contributed by atoms with Crippen LogP contribution < -0.4 is 14.4 Å². The van der Waals surface area contributed by atoms with Gasteiger partial charge < -0.3 is 14.4 Å². The van der Waals surface area contributed by atoms with E-state index in [4.69, 9.17) is 9.47 Å². The van der Waals surface area contributed by atoms with Crippen molar-refractivity contribution >= 4 is 33.0 Å². The molecule has 1 saturated heterocycles. The van der Waals surface area contributed by atoms with Gasteiger partial charge in [0.15, 0.2) is 11.5 Å². The molecule has 0 bridgehead atoms. The Morgan fingerprint density at radius 2 is 1.88 bits per heavy atom. The minimum absolute atomic E-state index is 0.0106. The fourth-order valence-corrected chi connectivity index (χ4v) is 6.39. The average Bonchev–Trinajstić information content (AvgIpc) is 3.41. The lowest BCUT2D eigenvalue weighted by Crippen LogP contribution is -2.44. The molecule has 0 spiro atoms. The van der Waals surface area contributed by atoms with Gasteiger partial charge in [-0.1, -0.05) is 6.07 Å². The summed E-state index contributed by atoms with van der Waals surface area (Å²) in [6.07, 6.45) is 3.83. The van der Waals surface area contributed by atoms with Gasteiger partial charge in [0.2, 0.25) is 15.9 Å². The number of ether oxygens (including phenoxy) is 2. The maximum atomic E-state index is 13.7. The molecule has 0 saturated carbocycles. The maximum Gasteiger partial charge on any atom is 0.244 e. The van der Waals surface area contributed by atoms with Gasteiger partial charge >= 0.3 is 0 Å². The van der Waals surface area contributed by atoms with E-state index < -0.39 is 10.0 Å². The summed E-state index contributed by atoms with van der Waals surface area (Å²) in [7, 11) is -3.62. The fraction of sp³-hybridized carbons (Fsp3) is 0.333. The Morgan fingerprint density at radius 3 is 2.59 bits per heavy atom. The summed E-state index contributed by atoms with van der Waals surface area (Å²) in [5, 5.41) is 1.99. The highest BCUT2D eigenvalue weighted by Gasteiger charge is 2.34. The first-order valence-electron chi connectivity index (χ1n) is 11.2. The summed E-state index contributed by atoms with van der Waals surface area (Å²) in [6.45, 7) is 2.01. The lowest BCUT2D eigenvalue weighted by molar-refractivity contribution is -0.123. The summed E-state index contributed by atoms with van der Waals surface area (Å²) in [5.74, 6) is 1.02. The number of nitrogens with zero attached hydrogens (tertiary/aromatic N) is 3. The highest BCUT2D eigenvalue weighted by Crippen LogP contribution is 2.36. The van der Waals surface area contributed by atoms with Crippen LogP contribution >= 0.6 is 11.3 Å². The van der Waals surface area contributed by atoms with E-state index in [1.165, 1.54) is 10.5 Å². The number of benzene rings is 1. The quantitative estimate of drug-likeness (QED) is 0.515. The van der Waals surface area contributed by atoms with Crippen LogP contribution in [0.5, 0.6) is 11.5 Å². The number of pyridine rings is 1. The second-order valence-electron chi connectivity index (χ2n) is 8.20. The minimum atomic E-state index is -3.62. The predicted octanol–water partition coefficient (Wildman–Crippen LogP) is 3.55. The molecule has 0 atom stereocenters. The van der Waals surface area contributed by atoms with E-state index in [1.807, 2.05) is 35.7 Å². The van der Waals surface area contributed by atoms with Crippen molar-refractivity contribution in [3.63, 3.8) is 0 Å². The van der Waals surface area contributed by atoms with Crippen LogP contribution in [0.2, 0.25) is 0 Å². The molecule has 4 heterocycles. The lowest BCUT2D eigenvalue weighted by atomic mass is 9.96. The topological polar surface area (TPSA) is 89.0 Å². The summed E-state index contributed by atoms with van der Waals surface area (Å²) >= 11 is 1.60. The maximum absolute atomic E-state index is 13.7. The molecule has 5 rings (SSSR count). The van der Waals surface area contributed by atoms with E-state index >= 15 is 0 Å². The van der Waals surface area contributed by atoms with E-state index in [2.05, 4.69) is 4.98 Å². The van der Waals surface area contributed by atoms with Gasteiger partial charge in [0.25, 0.3) is 0 Å². The summed E-state index contributed by atoms with van der Waals surface area (Å²) in [5.41, 5.74) is 0.744. The van der Waals surface area contributed by atoms with Crippen molar-refractivity contribution in [2.45, 2.75) is 24.3 Å². The van der Waals surface area contributed by atoms with Crippen molar-refractivity contribution in [2.75, 3.05) is 31.2 Å². The van der Waals surface area contributed by atoms with Crippen LogP contribution in [-0.4, -0.2) is 49.9 Å². The number of carbonyl (C=O) groups is 1. The molecular formula is C24H25N3O5S2. The molecule has 2 aliphatic rings. The van der Waals surface area contributed by atoms with Gasteiger partial charge in [0.05, 0.1) is 6.54 Å². The number of piperidine rings is 1. The Bertz CT molecular complexity index is 1240. The van der Waals surface area contributed by atoms with Gasteiger partial charge in [-0.3, -0.25) is 9.78 Å². The summed E-state index contributed by atoms with van der Waals surface area (Å²) in [4.78, 5) is 20.7. The van der Waals surface area contributed by atoms with Crippen molar-refractivity contribution < 1.29 is 22.7 Å². The molecule has 8 nitrogen and oxygen atoms in total. The first-order chi connectivity index (χ1) is 16.5. The third-order valence-corrected chi connectivity index (χ3v) is 8.82. The number of hydrogen-bond acceptors (Lipinski definition) is 7. The molecule has 1 amide bonds. The van der Waals surface area contributed by atoms with Crippen LogP contribution in [0.4, 0.5) is 5.69 Å². The third-order valence-electron chi connectivity index (χ3n) is 6.07. The van der Waals surface area contributed by atoms with Gasteiger partial charge in [-0.25, -0.2) is 8.42 Å². The van der Waals surface area contributed by atoms with E-state index in [0.29, 0.717) is 57.2 Å². The van der Waals surface area contributed by atoms with Gasteiger partial charge in [-0.2, -0.15) is 4.31 Å². The molecule has 2 aliphatic heterocycles. The molecule has 178 valence electrons. The number of amides is 1. The van der Waals surface area contributed by atoms with Crippen molar-refractivity contribution in [3.05, 3.63) is 65.1 Å². The highest BCUT2D eigenvalue weighted by molar-refractivity contribution is 7.89. The van der Waals surface area contributed by atoms with Crippen LogP contribution in [0, 0.1) is 5.92 Å². The van der Waals surface area contributed by atoms with Crippen LogP contribution in [0.3, 0.4) is 0 Å². The minimum Gasteiger partial charge on any atom is -0.486 e. The van der Waals surface area contributed by atoms with Gasteiger partial charge in [0, 0.05) is 48.0 Å². The van der Waals surface area contributed by atoms with Crippen LogP contribution in [0.25, 0.3) is 0 Å². The van der Waals surface area contributed by atoms with E-state index in [1.54, 1.807) is 34.6 Å². The number of aromatic nitrogens is 1. The molecule has 10 heteroatoms. The Kier molecular flexibility index (Phi) is 6.53. The Morgan fingerprint density at radius 1 is 1.09 bits per heavy atom. The van der Waals surface area contributed by atoms with Crippen LogP contribution in [0.15, 0.2) is 65.1 Å². The average molecular weight is 500 g/mol. The van der Waals surface area contributed by atoms with Crippen LogP contribution in [0.1, 0.15) is 17.7 Å². The number of hydrogen-bond donors (Lipinski definition) is 0. The predicted molar refractivity (Wildman–Crippen MR) is 129 cm³/mol. The van der Waals surface area contributed by atoms with Crippen molar-refractivity contribution in [3.8, 4) is 11.5 Å². The molecule has 1 aromatic carbocycles. The van der Waals surface area contributed by atoms with Gasteiger partial charge in [-0.15, -0.1) is 11.3 Å². The number of rotatable bonds is 6. The lowest BCUT2D eigenvalue weighted by Gasteiger charge is -2.34. The first kappa shape index (κ1) is 22.8. The smallest absolute Gasteiger partial charge is 0.244 e. The van der Waals surface area contributed by atoms with Crippen molar-refractivity contribution in [2.24, 2.45) is 5.92 Å². The van der Waals surface area contributed by atoms with Gasteiger partial charge in [-0.05, 0) is 48.6 Å². The zero-order valence-electron chi connectivity index (χ0n) is 18.5. The van der Waals surface area contributed by atoms with Crippen molar-refractivity contribution in [1.82, 2.24) is 9.29 Å². The molecule has 3 aromatic rings. The first-order valence-corrected chi connectivity index (χ1v) is 13.5. The Labute approximate surface area is 202 Å². The van der Waals surface area contributed by atoms with Crippen molar-refractivity contribution in [1.29, 1.82) is 0 Å². The SMILES string of the molecule is O=C(C1CCN(S(=O)(=O)c2cccnc2)CC1)N(Cc1cccs1)c1ccc2c(c1)OCCO2. The van der Waals surface area contributed by atoms with Crippen LogP contribution in [-0.2, 0) is 21.4 Å². The number of anilines is 1. The molecule has 1 fully saturated rings. The molecule has 0 radical (unpaired) electrons. The zero-order chi connectivity index (χ0) is 23.5. The largest absolute Gasteiger partial charge is 0.486 e. The van der Waals surface area contributed by atoms with E-state index in [0.717, 1.165) is 10.6 Å². The number of sulfonamides is 1. The summed E-state index contributed by atoms with van der Waals surface area (Å²) in [6, 6.07) is 12.7. The summed E-state index contributed by atoms with van der Waals surface area (Å²) < 4.78 is 38.7. The fourth-order valence-electron chi connectivity index (χ4n) is 4.27. The molecule has 34 heavy (non-hydrogen) atoms. The standard InChI is InChI=1S/C24H25N3O5S2/c28-24(18-7-10-26(11-8-18)34(29,30)21-4-1-9-25-16-21)27(17-20-3-2-14-33-20)19-5-6-22-23(15-19)32-13-12-31-22/h1-6,9,14-16,18H,7-8,10-13,17H2. The monoisotopic (exact) mass is 499 g/mol. The number of carbonyl (C=O) groups excluding carboxylic acids is 1. The second kappa shape index (κ2) is 9.73.